The third-order valence-electron chi connectivity index (χ3n) is 5.31. The highest BCUT2D eigenvalue weighted by atomic mass is 32.2. The van der Waals surface area contributed by atoms with Gasteiger partial charge >= 0.3 is 12.2 Å². The van der Waals surface area contributed by atoms with Crippen LogP contribution in [0.2, 0.25) is 0 Å². The van der Waals surface area contributed by atoms with Gasteiger partial charge in [0.25, 0.3) is 0 Å². The molecule has 176 valence electrons. The molecule has 0 atom stereocenters. The summed E-state index contributed by atoms with van der Waals surface area (Å²) in [6.07, 6.45) is -2.86. The Morgan fingerprint density at radius 3 is 2.32 bits per heavy atom. The van der Waals surface area contributed by atoms with E-state index in [4.69, 9.17) is 0 Å². The number of amides is 2. The van der Waals surface area contributed by atoms with Crippen LogP contribution in [0.3, 0.4) is 0 Å². The minimum Gasteiger partial charge on any atom is -0.359 e. The largest absolute Gasteiger partial charge is 0.416 e. The lowest BCUT2D eigenvalue weighted by molar-refractivity contribution is -0.137. The van der Waals surface area contributed by atoms with Crippen LogP contribution in [-0.2, 0) is 16.0 Å². The van der Waals surface area contributed by atoms with Gasteiger partial charge in [0.2, 0.25) is 0 Å². The van der Waals surface area contributed by atoms with Gasteiger partial charge < -0.3 is 15.6 Å². The van der Waals surface area contributed by atoms with Crippen molar-refractivity contribution in [2.24, 2.45) is 0 Å². The lowest BCUT2D eigenvalue weighted by Gasteiger charge is -2.10. The maximum atomic E-state index is 12.7. The van der Waals surface area contributed by atoms with Gasteiger partial charge in [0.05, 0.1) is 21.9 Å². The molecule has 4 aromatic rings. The van der Waals surface area contributed by atoms with E-state index in [-0.39, 0.29) is 16.3 Å². The zero-order valence-electron chi connectivity index (χ0n) is 17.9. The molecule has 0 spiro atoms. The van der Waals surface area contributed by atoms with E-state index < -0.39 is 27.6 Å². The smallest absolute Gasteiger partial charge is 0.359 e. The second-order valence-electron chi connectivity index (χ2n) is 7.55. The molecule has 2 amide bonds. The molecule has 0 aliphatic rings. The quantitative estimate of drug-likeness (QED) is 0.309. The number of carbonyl (C=O) groups is 1. The van der Waals surface area contributed by atoms with E-state index in [1.54, 1.807) is 37.4 Å². The molecule has 4 rings (SSSR count). The molecule has 1 aromatic heterocycles. The third-order valence-corrected chi connectivity index (χ3v) is 7.04. The first kappa shape index (κ1) is 23.4. The van der Waals surface area contributed by atoms with Crippen molar-refractivity contribution in [3.8, 4) is 11.1 Å². The summed E-state index contributed by atoms with van der Waals surface area (Å²) in [5, 5.41) is 5.87. The van der Waals surface area contributed by atoms with Crippen molar-refractivity contribution in [2.45, 2.75) is 18.0 Å². The third kappa shape index (κ3) is 4.91. The maximum absolute atomic E-state index is 12.7. The van der Waals surface area contributed by atoms with Crippen LogP contribution in [0.25, 0.3) is 22.0 Å². The SMILES string of the molecule is CCS(=O)(=O)c1cccc(-c2ccc3[nH]cc(NC(=O)Nc4ccc(C(F)(F)F)cc4)c3c2)c1. The van der Waals surface area contributed by atoms with Crippen molar-refractivity contribution in [3.63, 3.8) is 0 Å². The number of rotatable bonds is 5. The van der Waals surface area contributed by atoms with E-state index in [1.807, 2.05) is 18.2 Å². The lowest BCUT2D eigenvalue weighted by atomic mass is 10.0. The number of sulfone groups is 1. The van der Waals surface area contributed by atoms with Gasteiger partial charge in [-0.25, -0.2) is 13.2 Å². The van der Waals surface area contributed by atoms with Gasteiger partial charge in [-0.3, -0.25) is 0 Å². The average molecular weight is 488 g/mol. The highest BCUT2D eigenvalue weighted by molar-refractivity contribution is 7.91. The van der Waals surface area contributed by atoms with Crippen molar-refractivity contribution in [3.05, 3.63) is 78.5 Å². The van der Waals surface area contributed by atoms with Gasteiger partial charge in [0.15, 0.2) is 9.84 Å². The summed E-state index contributed by atoms with van der Waals surface area (Å²) in [7, 11) is -3.36. The molecule has 0 saturated heterocycles. The van der Waals surface area contributed by atoms with Gasteiger partial charge in [-0.05, 0) is 59.7 Å². The molecule has 0 aliphatic carbocycles. The van der Waals surface area contributed by atoms with Crippen molar-refractivity contribution < 1.29 is 26.4 Å². The molecule has 6 nitrogen and oxygen atoms in total. The monoisotopic (exact) mass is 487 g/mol. The van der Waals surface area contributed by atoms with Crippen LogP contribution in [0, 0.1) is 0 Å². The Bertz CT molecular complexity index is 1460. The summed E-state index contributed by atoms with van der Waals surface area (Å²) in [6, 6.07) is 15.6. The Kier molecular flexibility index (Phi) is 6.09. The number of halogens is 3. The number of benzene rings is 3. The zero-order valence-corrected chi connectivity index (χ0v) is 18.7. The van der Waals surface area contributed by atoms with Crippen molar-refractivity contribution in [2.75, 3.05) is 16.4 Å². The summed E-state index contributed by atoms with van der Waals surface area (Å²) in [5.41, 5.74) is 2.06. The minimum absolute atomic E-state index is 0.00455. The highest BCUT2D eigenvalue weighted by Gasteiger charge is 2.30. The van der Waals surface area contributed by atoms with Gasteiger partial charge in [0.1, 0.15) is 0 Å². The van der Waals surface area contributed by atoms with E-state index in [2.05, 4.69) is 15.6 Å². The first-order chi connectivity index (χ1) is 16.1. The van der Waals surface area contributed by atoms with E-state index in [0.717, 1.165) is 23.2 Å². The van der Waals surface area contributed by atoms with Crippen LogP contribution in [0.1, 0.15) is 12.5 Å². The van der Waals surface area contributed by atoms with Crippen LogP contribution in [0.5, 0.6) is 0 Å². The molecule has 0 unspecified atom stereocenters. The van der Waals surface area contributed by atoms with E-state index in [0.29, 0.717) is 16.6 Å². The fraction of sp³-hybridized carbons (Fsp3) is 0.125. The average Bonchev–Trinajstić information content (AvgIpc) is 3.20. The molecule has 1 heterocycles. The Hall–Kier alpha value is -3.79. The Morgan fingerprint density at radius 1 is 0.941 bits per heavy atom. The van der Waals surface area contributed by atoms with Crippen LogP contribution < -0.4 is 10.6 Å². The maximum Gasteiger partial charge on any atom is 0.416 e. The molecule has 0 fully saturated rings. The number of aromatic nitrogens is 1. The first-order valence-corrected chi connectivity index (χ1v) is 11.9. The van der Waals surface area contributed by atoms with Crippen molar-refractivity contribution in [1.29, 1.82) is 0 Å². The Labute approximate surface area is 193 Å². The number of anilines is 2. The van der Waals surface area contributed by atoms with Crippen LogP contribution >= 0.6 is 0 Å². The Balaban J connectivity index is 1.56. The molecule has 0 bridgehead atoms. The molecule has 34 heavy (non-hydrogen) atoms. The lowest BCUT2D eigenvalue weighted by Crippen LogP contribution is -2.19. The number of urea groups is 1. The van der Waals surface area contributed by atoms with Gasteiger partial charge in [-0.15, -0.1) is 0 Å². The van der Waals surface area contributed by atoms with Crippen molar-refractivity contribution in [1.82, 2.24) is 4.98 Å². The minimum atomic E-state index is -4.46. The van der Waals surface area contributed by atoms with Crippen LogP contribution in [0.4, 0.5) is 29.3 Å². The standard InChI is InChI=1S/C24H20F3N3O3S/c1-2-34(32,33)19-5-3-4-15(12-19)16-6-11-21-20(13-16)22(14-28-21)30-23(31)29-18-9-7-17(8-10-18)24(25,26)27/h3-14,28H,2H2,1H3,(H2,29,30,31). The van der Waals surface area contributed by atoms with Gasteiger partial charge in [0, 0.05) is 22.8 Å². The molecular weight excluding hydrogens is 467 g/mol. The van der Waals surface area contributed by atoms with Crippen LogP contribution in [-0.4, -0.2) is 25.2 Å². The molecule has 0 saturated carbocycles. The van der Waals surface area contributed by atoms with Crippen molar-refractivity contribution >= 4 is 38.1 Å². The number of hydrogen-bond donors (Lipinski definition) is 3. The summed E-state index contributed by atoms with van der Waals surface area (Å²) in [4.78, 5) is 15.7. The first-order valence-electron chi connectivity index (χ1n) is 10.3. The Morgan fingerprint density at radius 2 is 1.65 bits per heavy atom. The molecule has 3 aromatic carbocycles. The second-order valence-corrected chi connectivity index (χ2v) is 9.83. The van der Waals surface area contributed by atoms with E-state index in [9.17, 15) is 26.4 Å². The fourth-order valence-electron chi connectivity index (χ4n) is 3.47. The molecule has 3 N–H and O–H groups in total. The summed E-state index contributed by atoms with van der Waals surface area (Å²) >= 11 is 0. The predicted molar refractivity (Wildman–Crippen MR) is 126 cm³/mol. The number of carbonyl (C=O) groups excluding carboxylic acids is 1. The number of hydrogen-bond acceptors (Lipinski definition) is 3. The topological polar surface area (TPSA) is 91.1 Å². The molecule has 10 heteroatoms. The zero-order chi connectivity index (χ0) is 24.5. The molecular formula is C24H20F3N3O3S. The summed E-state index contributed by atoms with van der Waals surface area (Å²) in [6.45, 7) is 1.58. The predicted octanol–water partition coefficient (Wildman–Crippen LogP) is 6.29. The normalized spacial score (nSPS) is 12.0. The van der Waals surface area contributed by atoms with Crippen LogP contribution in [0.15, 0.2) is 77.8 Å². The summed E-state index contributed by atoms with van der Waals surface area (Å²) < 4.78 is 62.6. The highest BCUT2D eigenvalue weighted by Crippen LogP contribution is 2.31. The molecule has 0 aliphatic heterocycles. The molecule has 0 radical (unpaired) electrons. The fourth-order valence-corrected chi connectivity index (χ4v) is 4.39. The number of aromatic amines is 1. The number of H-pyrrole nitrogens is 1. The van der Waals surface area contributed by atoms with Gasteiger partial charge in [-0.2, -0.15) is 13.2 Å². The number of fused-ring (bicyclic) bond motifs is 1. The van der Waals surface area contributed by atoms with E-state index in [1.165, 1.54) is 12.1 Å². The number of alkyl halides is 3. The van der Waals surface area contributed by atoms with Gasteiger partial charge in [-0.1, -0.05) is 25.1 Å². The van der Waals surface area contributed by atoms with E-state index >= 15 is 0 Å². The number of nitrogens with one attached hydrogen (secondary N) is 3. The summed E-state index contributed by atoms with van der Waals surface area (Å²) in [5.74, 6) is -0.00455. The second kappa shape index (κ2) is 8.86.